The first-order valence-corrected chi connectivity index (χ1v) is 6.65. The first kappa shape index (κ1) is 15.0. The number of rotatable bonds is 5. The molecule has 3 nitrogen and oxygen atoms in total. The van der Waals surface area contributed by atoms with Gasteiger partial charge in [-0.1, -0.05) is 24.3 Å². The maximum Gasteiger partial charge on any atom is 0.244 e. The number of benzene rings is 2. The minimum Gasteiger partial charge on any atom is -0.362 e. The fourth-order valence-electron chi connectivity index (χ4n) is 1.99. The van der Waals surface area contributed by atoms with Crippen molar-refractivity contribution in [3.63, 3.8) is 0 Å². The number of anilines is 2. The molecule has 0 spiro atoms. The fourth-order valence-corrected chi connectivity index (χ4v) is 1.99. The Hall–Kier alpha value is -2.43. The normalized spacial score (nSPS) is 10.2. The summed E-state index contributed by atoms with van der Waals surface area (Å²) in [6, 6.07) is 12.8. The summed E-state index contributed by atoms with van der Waals surface area (Å²) in [5.74, 6) is -2.04. The Balaban J connectivity index is 2.07. The topological polar surface area (TPSA) is 32.3 Å². The summed E-state index contributed by atoms with van der Waals surface area (Å²) in [5, 5.41) is 2.28. The van der Waals surface area contributed by atoms with Gasteiger partial charge in [0.25, 0.3) is 0 Å². The average Bonchev–Trinajstić information content (AvgIpc) is 2.49. The molecule has 1 N–H and O–H groups in total. The molecule has 0 aromatic heterocycles. The molecule has 0 saturated carbocycles. The maximum atomic E-state index is 13.5. The van der Waals surface area contributed by atoms with E-state index in [0.717, 1.165) is 17.8 Å². The first-order valence-electron chi connectivity index (χ1n) is 6.65. The predicted molar refractivity (Wildman–Crippen MR) is 79.3 cm³/mol. The van der Waals surface area contributed by atoms with Gasteiger partial charge in [-0.25, -0.2) is 8.78 Å². The molecule has 0 aliphatic carbocycles. The molecule has 0 unspecified atom stereocenters. The Kier molecular flexibility index (Phi) is 4.87. The highest BCUT2D eigenvalue weighted by Crippen LogP contribution is 2.18. The summed E-state index contributed by atoms with van der Waals surface area (Å²) in [4.78, 5) is 13.8. The standard InChI is InChI=1S/C16H16F2N2O/c1-2-20(12-7-4-3-5-8-12)11-15(21)19-16-13(17)9-6-10-14(16)18/h3-10H,2,11H2,1H3,(H,19,21). The van der Waals surface area contributed by atoms with Gasteiger partial charge in [0.2, 0.25) is 5.91 Å². The van der Waals surface area contributed by atoms with E-state index in [0.29, 0.717) is 6.54 Å². The van der Waals surface area contributed by atoms with Crippen LogP contribution in [0.2, 0.25) is 0 Å². The van der Waals surface area contributed by atoms with Crippen LogP contribution in [0, 0.1) is 11.6 Å². The lowest BCUT2D eigenvalue weighted by Crippen LogP contribution is -2.33. The van der Waals surface area contributed by atoms with Crippen molar-refractivity contribution >= 4 is 17.3 Å². The molecule has 0 aliphatic heterocycles. The molecule has 1 amide bonds. The molecule has 2 rings (SSSR count). The summed E-state index contributed by atoms with van der Waals surface area (Å²) in [6.45, 7) is 2.54. The molecule has 21 heavy (non-hydrogen) atoms. The second-order valence-electron chi connectivity index (χ2n) is 4.49. The van der Waals surface area contributed by atoms with E-state index in [-0.39, 0.29) is 6.54 Å². The van der Waals surface area contributed by atoms with Crippen LogP contribution in [0.1, 0.15) is 6.92 Å². The molecule has 2 aromatic rings. The van der Waals surface area contributed by atoms with Crippen molar-refractivity contribution in [3.05, 3.63) is 60.2 Å². The van der Waals surface area contributed by atoms with Crippen LogP contribution in [0.3, 0.4) is 0 Å². The number of hydrogen-bond acceptors (Lipinski definition) is 2. The second-order valence-corrected chi connectivity index (χ2v) is 4.49. The zero-order valence-electron chi connectivity index (χ0n) is 11.6. The van der Waals surface area contributed by atoms with Crippen molar-refractivity contribution in [1.82, 2.24) is 0 Å². The van der Waals surface area contributed by atoms with Crippen LogP contribution in [0.4, 0.5) is 20.2 Å². The van der Waals surface area contributed by atoms with Gasteiger partial charge < -0.3 is 10.2 Å². The molecular formula is C16H16F2N2O. The maximum absolute atomic E-state index is 13.5. The molecule has 2 aromatic carbocycles. The molecular weight excluding hydrogens is 274 g/mol. The number of carbonyl (C=O) groups is 1. The Morgan fingerprint density at radius 3 is 2.24 bits per heavy atom. The minimum atomic E-state index is -0.786. The SMILES string of the molecule is CCN(CC(=O)Nc1c(F)cccc1F)c1ccccc1. The van der Waals surface area contributed by atoms with E-state index in [1.807, 2.05) is 42.2 Å². The monoisotopic (exact) mass is 290 g/mol. The quantitative estimate of drug-likeness (QED) is 0.915. The number of nitrogens with zero attached hydrogens (tertiary/aromatic N) is 1. The van der Waals surface area contributed by atoms with E-state index < -0.39 is 23.2 Å². The largest absolute Gasteiger partial charge is 0.362 e. The lowest BCUT2D eigenvalue weighted by atomic mass is 10.2. The summed E-state index contributed by atoms with van der Waals surface area (Å²) < 4.78 is 27.0. The van der Waals surface area contributed by atoms with Gasteiger partial charge in [0.15, 0.2) is 0 Å². The number of amides is 1. The second kappa shape index (κ2) is 6.83. The highest BCUT2D eigenvalue weighted by atomic mass is 19.1. The van der Waals surface area contributed by atoms with E-state index in [1.54, 1.807) is 0 Å². The van der Waals surface area contributed by atoms with Gasteiger partial charge in [-0.15, -0.1) is 0 Å². The third-order valence-corrected chi connectivity index (χ3v) is 3.06. The minimum absolute atomic E-state index is 0.0221. The molecule has 0 bridgehead atoms. The number of para-hydroxylation sites is 2. The number of likely N-dealkylation sites (N-methyl/N-ethyl adjacent to an activating group) is 1. The number of halogens is 2. The van der Waals surface area contributed by atoms with Gasteiger partial charge in [-0.3, -0.25) is 4.79 Å². The van der Waals surface area contributed by atoms with Crippen molar-refractivity contribution in [2.45, 2.75) is 6.92 Å². The van der Waals surface area contributed by atoms with Crippen LogP contribution in [0.25, 0.3) is 0 Å². The van der Waals surface area contributed by atoms with E-state index in [4.69, 9.17) is 0 Å². The van der Waals surface area contributed by atoms with Crippen LogP contribution >= 0.6 is 0 Å². The van der Waals surface area contributed by atoms with Crippen LogP contribution < -0.4 is 10.2 Å². The number of carbonyl (C=O) groups excluding carboxylic acids is 1. The summed E-state index contributed by atoms with van der Waals surface area (Å²) in [5.41, 5.74) is 0.468. The summed E-state index contributed by atoms with van der Waals surface area (Å²) >= 11 is 0. The highest BCUT2D eigenvalue weighted by Gasteiger charge is 2.14. The van der Waals surface area contributed by atoms with Gasteiger partial charge >= 0.3 is 0 Å². The van der Waals surface area contributed by atoms with Crippen molar-refractivity contribution in [3.8, 4) is 0 Å². The molecule has 5 heteroatoms. The number of nitrogens with one attached hydrogen (secondary N) is 1. The zero-order chi connectivity index (χ0) is 15.2. The van der Waals surface area contributed by atoms with Gasteiger partial charge in [0.05, 0.1) is 6.54 Å². The van der Waals surface area contributed by atoms with E-state index >= 15 is 0 Å². The summed E-state index contributed by atoms with van der Waals surface area (Å²) in [6.07, 6.45) is 0. The average molecular weight is 290 g/mol. The predicted octanol–water partition coefficient (Wildman–Crippen LogP) is 3.43. The van der Waals surface area contributed by atoms with Crippen molar-refractivity contribution in [2.75, 3.05) is 23.3 Å². The summed E-state index contributed by atoms with van der Waals surface area (Å²) in [7, 11) is 0. The van der Waals surface area contributed by atoms with Gasteiger partial charge in [-0.05, 0) is 31.2 Å². The molecule has 0 atom stereocenters. The van der Waals surface area contributed by atoms with Gasteiger partial charge in [-0.2, -0.15) is 0 Å². The molecule has 0 saturated heterocycles. The van der Waals surface area contributed by atoms with E-state index in [2.05, 4.69) is 5.32 Å². The molecule has 0 fully saturated rings. The Morgan fingerprint density at radius 2 is 1.67 bits per heavy atom. The van der Waals surface area contributed by atoms with Crippen LogP contribution in [-0.4, -0.2) is 19.0 Å². The van der Waals surface area contributed by atoms with Crippen molar-refractivity contribution < 1.29 is 13.6 Å². The Labute approximate surface area is 122 Å². The molecule has 110 valence electrons. The first-order chi connectivity index (χ1) is 10.1. The number of hydrogen-bond donors (Lipinski definition) is 1. The highest BCUT2D eigenvalue weighted by molar-refractivity contribution is 5.94. The van der Waals surface area contributed by atoms with Crippen LogP contribution in [0.15, 0.2) is 48.5 Å². The molecule has 0 heterocycles. The van der Waals surface area contributed by atoms with Crippen molar-refractivity contribution in [1.29, 1.82) is 0 Å². The van der Waals surface area contributed by atoms with Crippen molar-refractivity contribution in [2.24, 2.45) is 0 Å². The van der Waals surface area contributed by atoms with E-state index in [9.17, 15) is 13.6 Å². The van der Waals surface area contributed by atoms with Gasteiger partial charge in [0, 0.05) is 12.2 Å². The lowest BCUT2D eigenvalue weighted by Gasteiger charge is -2.22. The lowest BCUT2D eigenvalue weighted by molar-refractivity contribution is -0.115. The third-order valence-electron chi connectivity index (χ3n) is 3.06. The zero-order valence-corrected chi connectivity index (χ0v) is 11.6. The fraction of sp³-hybridized carbons (Fsp3) is 0.188. The third kappa shape index (κ3) is 3.78. The smallest absolute Gasteiger partial charge is 0.244 e. The molecule has 0 aliphatic rings. The molecule has 0 radical (unpaired) electrons. The Bertz CT molecular complexity index is 597. The van der Waals surface area contributed by atoms with Crippen LogP contribution in [-0.2, 0) is 4.79 Å². The van der Waals surface area contributed by atoms with Crippen LogP contribution in [0.5, 0.6) is 0 Å². The van der Waals surface area contributed by atoms with Gasteiger partial charge in [0.1, 0.15) is 17.3 Å². The Morgan fingerprint density at radius 1 is 1.05 bits per heavy atom. The van der Waals surface area contributed by atoms with E-state index in [1.165, 1.54) is 6.07 Å².